The molecular weight excluding hydrogens is 234 g/mol. The minimum atomic E-state index is -2.52. The summed E-state index contributed by atoms with van der Waals surface area (Å²) in [6.07, 6.45) is 9.00. The first kappa shape index (κ1) is 15.9. The standard InChI is InChI=1S/C15H28F2O/c1-2-3-4-5-6-7-8-9-14(18)13-10-11-15(16,17)12-13/h13-14,18H,2-12H2,1H3. The quantitative estimate of drug-likeness (QED) is 0.584. The molecule has 0 aromatic rings. The van der Waals surface area contributed by atoms with E-state index in [1.54, 1.807) is 0 Å². The third kappa shape index (κ3) is 6.12. The van der Waals surface area contributed by atoms with Crippen LogP contribution in [0.4, 0.5) is 8.78 Å². The van der Waals surface area contributed by atoms with Crippen LogP contribution in [0.2, 0.25) is 0 Å². The predicted molar refractivity (Wildman–Crippen MR) is 70.9 cm³/mol. The topological polar surface area (TPSA) is 20.2 Å². The Bertz CT molecular complexity index is 219. The van der Waals surface area contributed by atoms with Gasteiger partial charge in [-0.05, 0) is 18.8 Å². The summed E-state index contributed by atoms with van der Waals surface area (Å²) in [7, 11) is 0. The number of unbranched alkanes of at least 4 members (excludes halogenated alkanes) is 6. The lowest BCUT2D eigenvalue weighted by molar-refractivity contribution is -0.00588. The van der Waals surface area contributed by atoms with Gasteiger partial charge < -0.3 is 5.11 Å². The highest BCUT2D eigenvalue weighted by Crippen LogP contribution is 2.41. The summed E-state index contributed by atoms with van der Waals surface area (Å²) in [5, 5.41) is 9.89. The van der Waals surface area contributed by atoms with Crippen LogP contribution < -0.4 is 0 Å². The van der Waals surface area contributed by atoms with Gasteiger partial charge in [0.1, 0.15) is 0 Å². The Labute approximate surface area is 110 Å². The van der Waals surface area contributed by atoms with Crippen LogP contribution in [0.15, 0.2) is 0 Å². The molecule has 2 atom stereocenters. The Morgan fingerprint density at radius 1 is 1.11 bits per heavy atom. The average molecular weight is 262 g/mol. The summed E-state index contributed by atoms with van der Waals surface area (Å²) in [5.74, 6) is -2.69. The van der Waals surface area contributed by atoms with Crippen molar-refractivity contribution in [2.45, 2.75) is 89.6 Å². The molecule has 0 aromatic carbocycles. The van der Waals surface area contributed by atoms with Crippen LogP contribution in [0.25, 0.3) is 0 Å². The minimum absolute atomic E-state index is 0.0360. The molecule has 3 heteroatoms. The third-order valence-corrected chi connectivity index (χ3v) is 4.09. The van der Waals surface area contributed by atoms with Crippen LogP contribution in [0.3, 0.4) is 0 Å². The van der Waals surface area contributed by atoms with Crippen LogP contribution >= 0.6 is 0 Å². The van der Waals surface area contributed by atoms with E-state index in [4.69, 9.17) is 0 Å². The summed E-state index contributed by atoms with van der Waals surface area (Å²) in [6.45, 7) is 2.20. The molecule has 1 aliphatic rings. The Morgan fingerprint density at radius 2 is 1.72 bits per heavy atom. The molecule has 1 fully saturated rings. The normalized spacial score (nSPS) is 24.3. The molecule has 0 spiro atoms. The lowest BCUT2D eigenvalue weighted by atomic mass is 9.95. The highest BCUT2D eigenvalue weighted by Gasteiger charge is 2.41. The van der Waals surface area contributed by atoms with Crippen molar-refractivity contribution >= 4 is 0 Å². The zero-order chi connectivity index (χ0) is 13.4. The van der Waals surface area contributed by atoms with Crippen molar-refractivity contribution in [1.82, 2.24) is 0 Å². The number of hydrogen-bond acceptors (Lipinski definition) is 1. The summed E-state index contributed by atoms with van der Waals surface area (Å²) < 4.78 is 26.0. The van der Waals surface area contributed by atoms with Gasteiger partial charge in [0.2, 0.25) is 5.92 Å². The maximum absolute atomic E-state index is 13.0. The number of aliphatic hydroxyl groups is 1. The molecule has 0 aromatic heterocycles. The van der Waals surface area contributed by atoms with Gasteiger partial charge in [-0.15, -0.1) is 0 Å². The first-order chi connectivity index (χ1) is 8.55. The molecule has 1 aliphatic carbocycles. The van der Waals surface area contributed by atoms with Crippen molar-refractivity contribution in [3.8, 4) is 0 Å². The minimum Gasteiger partial charge on any atom is -0.393 e. The molecule has 108 valence electrons. The van der Waals surface area contributed by atoms with Gasteiger partial charge in [0.25, 0.3) is 0 Å². The zero-order valence-corrected chi connectivity index (χ0v) is 11.6. The molecule has 0 saturated heterocycles. The van der Waals surface area contributed by atoms with Gasteiger partial charge in [0.15, 0.2) is 0 Å². The number of aliphatic hydroxyl groups excluding tert-OH is 1. The van der Waals surface area contributed by atoms with E-state index < -0.39 is 12.0 Å². The van der Waals surface area contributed by atoms with Crippen LogP contribution in [0.5, 0.6) is 0 Å². The second kappa shape index (κ2) is 8.08. The first-order valence-electron chi connectivity index (χ1n) is 7.61. The fourth-order valence-corrected chi connectivity index (χ4v) is 2.86. The number of rotatable bonds is 9. The lowest BCUT2D eigenvalue weighted by Gasteiger charge is -2.17. The van der Waals surface area contributed by atoms with E-state index in [1.165, 1.54) is 32.1 Å². The van der Waals surface area contributed by atoms with Gasteiger partial charge in [0, 0.05) is 12.8 Å². The van der Waals surface area contributed by atoms with Crippen molar-refractivity contribution in [3.63, 3.8) is 0 Å². The highest BCUT2D eigenvalue weighted by atomic mass is 19.3. The van der Waals surface area contributed by atoms with E-state index >= 15 is 0 Å². The Hall–Kier alpha value is -0.180. The Kier molecular flexibility index (Phi) is 7.13. The van der Waals surface area contributed by atoms with E-state index in [1.807, 2.05) is 0 Å². The fourth-order valence-electron chi connectivity index (χ4n) is 2.86. The van der Waals surface area contributed by atoms with E-state index in [0.717, 1.165) is 12.8 Å². The fraction of sp³-hybridized carbons (Fsp3) is 1.00. The van der Waals surface area contributed by atoms with E-state index in [9.17, 15) is 13.9 Å². The third-order valence-electron chi connectivity index (χ3n) is 4.09. The van der Waals surface area contributed by atoms with Crippen molar-refractivity contribution < 1.29 is 13.9 Å². The molecule has 1 nitrogen and oxygen atoms in total. The van der Waals surface area contributed by atoms with Crippen LogP contribution in [0.1, 0.15) is 77.6 Å². The predicted octanol–water partition coefficient (Wildman–Crippen LogP) is 4.92. The maximum Gasteiger partial charge on any atom is 0.248 e. The smallest absolute Gasteiger partial charge is 0.248 e. The Balaban J connectivity index is 1.99. The van der Waals surface area contributed by atoms with Gasteiger partial charge >= 0.3 is 0 Å². The summed E-state index contributed by atoms with van der Waals surface area (Å²) in [4.78, 5) is 0. The molecule has 0 radical (unpaired) electrons. The SMILES string of the molecule is CCCCCCCCCC(O)C1CCC(F)(F)C1. The highest BCUT2D eigenvalue weighted by molar-refractivity contribution is 4.85. The van der Waals surface area contributed by atoms with Crippen LogP contribution in [-0.4, -0.2) is 17.1 Å². The summed E-state index contributed by atoms with van der Waals surface area (Å²) in [6, 6.07) is 0. The number of halogens is 2. The monoisotopic (exact) mass is 262 g/mol. The van der Waals surface area contributed by atoms with Gasteiger partial charge in [-0.25, -0.2) is 8.78 Å². The molecule has 0 heterocycles. The van der Waals surface area contributed by atoms with Crippen molar-refractivity contribution in [1.29, 1.82) is 0 Å². The van der Waals surface area contributed by atoms with E-state index in [2.05, 4.69) is 6.92 Å². The number of alkyl halides is 2. The van der Waals surface area contributed by atoms with Gasteiger partial charge in [-0.2, -0.15) is 0 Å². The molecule has 0 bridgehead atoms. The maximum atomic E-state index is 13.0. The summed E-state index contributed by atoms with van der Waals surface area (Å²) >= 11 is 0. The molecule has 0 aliphatic heterocycles. The van der Waals surface area contributed by atoms with Crippen molar-refractivity contribution in [3.05, 3.63) is 0 Å². The van der Waals surface area contributed by atoms with Crippen molar-refractivity contribution in [2.24, 2.45) is 5.92 Å². The molecule has 1 saturated carbocycles. The number of hydrogen-bond donors (Lipinski definition) is 1. The molecular formula is C15H28F2O. The van der Waals surface area contributed by atoms with E-state index in [-0.39, 0.29) is 18.8 Å². The molecule has 0 amide bonds. The average Bonchev–Trinajstić information content (AvgIpc) is 2.68. The van der Waals surface area contributed by atoms with Gasteiger partial charge in [-0.3, -0.25) is 0 Å². The summed E-state index contributed by atoms with van der Waals surface area (Å²) in [5.41, 5.74) is 0. The molecule has 2 unspecified atom stereocenters. The van der Waals surface area contributed by atoms with Crippen LogP contribution in [-0.2, 0) is 0 Å². The van der Waals surface area contributed by atoms with E-state index in [0.29, 0.717) is 12.8 Å². The van der Waals surface area contributed by atoms with Gasteiger partial charge in [0.05, 0.1) is 6.10 Å². The molecule has 1 rings (SSSR count). The first-order valence-corrected chi connectivity index (χ1v) is 7.61. The zero-order valence-electron chi connectivity index (χ0n) is 11.6. The Morgan fingerprint density at radius 3 is 2.28 bits per heavy atom. The van der Waals surface area contributed by atoms with Crippen LogP contribution in [0, 0.1) is 5.92 Å². The second-order valence-electron chi connectivity index (χ2n) is 5.84. The molecule has 1 N–H and O–H groups in total. The van der Waals surface area contributed by atoms with Crippen molar-refractivity contribution in [2.75, 3.05) is 0 Å². The lowest BCUT2D eigenvalue weighted by Crippen LogP contribution is -2.20. The molecule has 18 heavy (non-hydrogen) atoms. The largest absolute Gasteiger partial charge is 0.393 e. The second-order valence-corrected chi connectivity index (χ2v) is 5.84. The van der Waals surface area contributed by atoms with Gasteiger partial charge in [-0.1, -0.05) is 51.9 Å².